The van der Waals surface area contributed by atoms with Gasteiger partial charge in [0, 0.05) is 5.92 Å². The number of aliphatic hydroxyl groups excluding tert-OH is 1. The van der Waals surface area contributed by atoms with Crippen molar-refractivity contribution >= 4 is 61.0 Å². The topological polar surface area (TPSA) is 315 Å². The van der Waals surface area contributed by atoms with Gasteiger partial charge in [-0.2, -0.15) is 4.98 Å². The lowest BCUT2D eigenvalue weighted by atomic mass is 9.94. The van der Waals surface area contributed by atoms with Crippen LogP contribution in [0.3, 0.4) is 0 Å². The molecule has 3 aliphatic heterocycles. The first-order valence-corrected chi connectivity index (χ1v) is 18.2. The second kappa shape index (κ2) is 12.1. The largest absolute Gasteiger partial charge is 0.472 e. The molecule has 0 aromatic carbocycles. The number of nitrogens with one attached hydrogen (secondary N) is 1. The molecule has 0 saturated carbocycles. The number of rotatable bonds is 4. The standard InChI is InChI=1S/C22H29N11O11P2S/c23-2-1-8-9-3-39-45(36,37)43-15-10(42-20(13(15)34)32-6-28-11-16(24)26-5-27-17(11)32)4-40-46(38,47)44-14(8)21(41-9)33-7-29-12-18(33)30-22(25)31-19(12)35/h5-10,13-15,20-21,34H,1-4,23H2,(H,36,37)(H,38,47)(H2,24,26,27)(H3,25,30,31,35)/t8?,9-,10-,13?,14?,15?,20-,21-,46?/m1/s1. The van der Waals surface area contributed by atoms with Crippen molar-refractivity contribution in [3.05, 3.63) is 29.3 Å². The molecular formula is C22H29N11O11P2S. The first kappa shape index (κ1) is 32.5. The Morgan fingerprint density at radius 2 is 1.66 bits per heavy atom. The maximum atomic E-state index is 13.8. The highest BCUT2D eigenvalue weighted by Crippen LogP contribution is 2.59. The Balaban J connectivity index is 1.23. The Labute approximate surface area is 268 Å². The number of phosphoric ester groups is 1. The number of H-pyrrole nitrogens is 1. The number of imidazole rings is 2. The number of anilines is 2. The van der Waals surface area contributed by atoms with Gasteiger partial charge in [0.2, 0.25) is 5.95 Å². The molecule has 22 nitrogen and oxygen atoms in total. The van der Waals surface area contributed by atoms with Crippen molar-refractivity contribution in [3.8, 4) is 0 Å². The van der Waals surface area contributed by atoms with Crippen LogP contribution in [0.4, 0.5) is 11.8 Å². The van der Waals surface area contributed by atoms with Gasteiger partial charge < -0.3 is 36.7 Å². The average Bonchev–Trinajstić information content (AvgIpc) is 3.76. The van der Waals surface area contributed by atoms with Crippen molar-refractivity contribution in [2.75, 3.05) is 31.2 Å². The quantitative estimate of drug-likeness (QED) is 0.100. The molecule has 47 heavy (non-hydrogen) atoms. The van der Waals surface area contributed by atoms with E-state index in [-0.39, 0.29) is 47.1 Å². The van der Waals surface area contributed by atoms with E-state index >= 15 is 0 Å². The Bertz CT molecular complexity index is 1980. The number of aliphatic hydroxyl groups is 1. The Morgan fingerprint density at radius 1 is 0.957 bits per heavy atom. The summed E-state index contributed by atoms with van der Waals surface area (Å²) in [5.41, 5.74) is 17.3. The molecule has 6 unspecified atom stereocenters. The molecule has 7 heterocycles. The van der Waals surface area contributed by atoms with Crippen molar-refractivity contribution in [1.29, 1.82) is 0 Å². The van der Waals surface area contributed by atoms with Crippen LogP contribution in [-0.4, -0.2) is 99.3 Å². The second-order valence-corrected chi connectivity index (χ2v) is 15.2. The van der Waals surface area contributed by atoms with Gasteiger partial charge in [0.15, 0.2) is 35.1 Å². The maximum Gasteiger partial charge on any atom is 0.472 e. The summed E-state index contributed by atoms with van der Waals surface area (Å²) in [6.45, 7) is -5.37. The molecule has 9 N–H and O–H groups in total. The van der Waals surface area contributed by atoms with Gasteiger partial charge in [-0.25, -0.2) is 29.1 Å². The van der Waals surface area contributed by atoms with Crippen LogP contribution in [-0.2, 0) is 36.7 Å². The summed E-state index contributed by atoms with van der Waals surface area (Å²) in [7, 11) is -4.96. The number of hydrogen-bond acceptors (Lipinski definition) is 18. The molecule has 0 spiro atoms. The fourth-order valence-corrected chi connectivity index (χ4v) is 8.40. The lowest BCUT2D eigenvalue weighted by Crippen LogP contribution is -2.36. The van der Waals surface area contributed by atoms with E-state index in [0.29, 0.717) is 0 Å². The number of phosphoric acid groups is 1. The van der Waals surface area contributed by atoms with Crippen molar-refractivity contribution < 1.29 is 46.7 Å². The van der Waals surface area contributed by atoms with Crippen LogP contribution in [0.2, 0.25) is 0 Å². The van der Waals surface area contributed by atoms with Gasteiger partial charge in [-0.15, -0.1) is 0 Å². The summed E-state index contributed by atoms with van der Waals surface area (Å²) in [5.74, 6) is -0.850. The fourth-order valence-electron chi connectivity index (χ4n) is 5.94. The summed E-state index contributed by atoms with van der Waals surface area (Å²) in [6.07, 6.45) is -5.21. The Hall–Kier alpha value is -3.05. The summed E-state index contributed by atoms with van der Waals surface area (Å²) in [4.78, 5) is 46.0. The van der Waals surface area contributed by atoms with Crippen LogP contribution in [0, 0.1) is 5.92 Å². The first-order chi connectivity index (χ1) is 22.4. The molecule has 4 aromatic heterocycles. The SMILES string of the molecule is NCCC1C2OP(=O)(S)OC[C@H]3O[C@@H](n4cnc5c(N)ncnc54)C(O)C3OP(=O)(O)OC[C@H]1O[C@H]2n1cnc2c(=O)[nH]c(N)nc21. The van der Waals surface area contributed by atoms with E-state index in [9.17, 15) is 23.9 Å². The molecule has 0 aliphatic carbocycles. The van der Waals surface area contributed by atoms with E-state index in [1.807, 2.05) is 0 Å². The average molecular weight is 718 g/mol. The summed E-state index contributed by atoms with van der Waals surface area (Å²) >= 11 is 4.19. The van der Waals surface area contributed by atoms with E-state index < -0.39 is 82.3 Å². The zero-order valence-corrected chi connectivity index (χ0v) is 26.6. The maximum absolute atomic E-state index is 13.8. The highest BCUT2D eigenvalue weighted by atomic mass is 32.7. The van der Waals surface area contributed by atoms with Crippen LogP contribution in [0.25, 0.3) is 22.3 Å². The van der Waals surface area contributed by atoms with E-state index in [4.69, 9.17) is 44.8 Å². The zero-order chi connectivity index (χ0) is 33.2. The van der Waals surface area contributed by atoms with E-state index in [1.54, 1.807) is 0 Å². The molecule has 254 valence electrons. The molecular weight excluding hydrogens is 688 g/mol. The van der Waals surface area contributed by atoms with Crippen molar-refractivity contribution in [2.45, 2.75) is 49.4 Å². The molecule has 3 saturated heterocycles. The predicted molar refractivity (Wildman–Crippen MR) is 161 cm³/mol. The van der Waals surface area contributed by atoms with Crippen LogP contribution < -0.4 is 22.8 Å². The number of aromatic nitrogens is 8. The van der Waals surface area contributed by atoms with Gasteiger partial charge in [-0.1, -0.05) is 12.2 Å². The molecule has 7 rings (SSSR count). The number of aromatic amines is 1. The van der Waals surface area contributed by atoms with E-state index in [1.165, 1.54) is 28.1 Å². The van der Waals surface area contributed by atoms with E-state index in [0.717, 1.165) is 0 Å². The van der Waals surface area contributed by atoms with Crippen LogP contribution >= 0.6 is 26.9 Å². The highest BCUT2D eigenvalue weighted by Gasteiger charge is 2.53. The molecule has 0 amide bonds. The minimum Gasteiger partial charge on any atom is -0.386 e. The Morgan fingerprint density at radius 3 is 2.43 bits per heavy atom. The van der Waals surface area contributed by atoms with Gasteiger partial charge in [0.1, 0.15) is 36.3 Å². The van der Waals surface area contributed by atoms with Crippen molar-refractivity contribution in [3.63, 3.8) is 0 Å². The zero-order valence-electron chi connectivity index (χ0n) is 24.0. The highest BCUT2D eigenvalue weighted by molar-refractivity contribution is 8.44. The Kier molecular flexibility index (Phi) is 8.38. The monoisotopic (exact) mass is 717 g/mol. The van der Waals surface area contributed by atoms with Gasteiger partial charge in [-0.05, 0) is 13.0 Å². The molecule has 3 aliphatic rings. The third kappa shape index (κ3) is 5.96. The molecule has 4 aromatic rings. The molecule has 0 radical (unpaired) electrons. The first-order valence-electron chi connectivity index (χ1n) is 14.0. The van der Waals surface area contributed by atoms with Crippen molar-refractivity contribution in [1.82, 2.24) is 39.0 Å². The number of nitrogen functional groups attached to an aromatic ring is 2. The van der Waals surface area contributed by atoms with Gasteiger partial charge in [0.05, 0.1) is 32.0 Å². The molecule has 2 bridgehead atoms. The van der Waals surface area contributed by atoms with Crippen molar-refractivity contribution in [2.24, 2.45) is 11.7 Å². The summed E-state index contributed by atoms with van der Waals surface area (Å²) < 4.78 is 64.3. The normalized spacial score (nSPS) is 36.6. The minimum atomic E-state index is -4.96. The van der Waals surface area contributed by atoms with Crippen LogP contribution in [0.1, 0.15) is 18.9 Å². The lowest BCUT2D eigenvalue weighted by Gasteiger charge is -2.27. The smallest absolute Gasteiger partial charge is 0.386 e. The molecule has 10 atom stereocenters. The molecule has 3 fully saturated rings. The number of nitrogens with zero attached hydrogens (tertiary/aromatic N) is 7. The third-order valence-corrected chi connectivity index (χ3v) is 10.6. The summed E-state index contributed by atoms with van der Waals surface area (Å²) in [5, 5.41) is 11.3. The lowest BCUT2D eigenvalue weighted by molar-refractivity contribution is -0.0611. The number of hydrogen-bond donors (Lipinski definition) is 7. The van der Waals surface area contributed by atoms with Gasteiger partial charge >= 0.3 is 14.6 Å². The third-order valence-electron chi connectivity index (χ3n) is 8.00. The summed E-state index contributed by atoms with van der Waals surface area (Å²) in [6, 6.07) is 0. The number of nitrogens with two attached hydrogens (primary N) is 3. The number of thiol groups is 1. The van der Waals surface area contributed by atoms with E-state index in [2.05, 4.69) is 42.2 Å². The van der Waals surface area contributed by atoms with Gasteiger partial charge in [-0.3, -0.25) is 37.0 Å². The number of ether oxygens (including phenoxy) is 2. The molecule has 25 heteroatoms. The number of fused-ring (bicyclic) bond motifs is 5. The predicted octanol–water partition coefficient (Wildman–Crippen LogP) is -0.800. The van der Waals surface area contributed by atoms with Crippen LogP contribution in [0.15, 0.2) is 23.8 Å². The second-order valence-electron chi connectivity index (χ2n) is 10.9. The minimum absolute atomic E-state index is 0.0198. The van der Waals surface area contributed by atoms with Gasteiger partial charge in [0.25, 0.3) is 5.56 Å². The fraction of sp³-hybridized carbons (Fsp3) is 0.545. The van der Waals surface area contributed by atoms with Crippen LogP contribution in [0.5, 0.6) is 0 Å².